The van der Waals surface area contributed by atoms with Gasteiger partial charge < -0.3 is 14.6 Å². The lowest BCUT2D eigenvalue weighted by molar-refractivity contribution is -0.122. The fraction of sp³-hybridized carbons (Fsp3) is 0.263. The van der Waals surface area contributed by atoms with Gasteiger partial charge in [0.05, 0.1) is 17.1 Å². The number of benzene rings is 2. The SMILES string of the molecule is COC(CNC(=O)Cn1c(C)nc2ccccc21)c1ccccc1. The summed E-state index contributed by atoms with van der Waals surface area (Å²) in [6, 6.07) is 17.7. The minimum Gasteiger partial charge on any atom is -0.375 e. The summed E-state index contributed by atoms with van der Waals surface area (Å²) in [5.41, 5.74) is 2.92. The Morgan fingerprint density at radius 3 is 2.62 bits per heavy atom. The lowest BCUT2D eigenvalue weighted by Crippen LogP contribution is -2.32. The third-order valence-corrected chi connectivity index (χ3v) is 4.09. The van der Waals surface area contributed by atoms with Crippen LogP contribution in [-0.4, -0.2) is 29.1 Å². The number of para-hydroxylation sites is 2. The molecule has 124 valence electrons. The molecule has 24 heavy (non-hydrogen) atoms. The van der Waals surface area contributed by atoms with Gasteiger partial charge in [-0.15, -0.1) is 0 Å². The highest BCUT2D eigenvalue weighted by Gasteiger charge is 2.14. The number of nitrogens with one attached hydrogen (secondary N) is 1. The molecule has 0 saturated carbocycles. The number of amides is 1. The van der Waals surface area contributed by atoms with Crippen LogP contribution in [0.3, 0.4) is 0 Å². The maximum absolute atomic E-state index is 12.3. The van der Waals surface area contributed by atoms with Crippen molar-refractivity contribution < 1.29 is 9.53 Å². The number of carbonyl (C=O) groups excluding carboxylic acids is 1. The minimum absolute atomic E-state index is 0.0563. The summed E-state index contributed by atoms with van der Waals surface area (Å²) in [6.07, 6.45) is -0.157. The Morgan fingerprint density at radius 1 is 1.17 bits per heavy atom. The average Bonchev–Trinajstić information content (AvgIpc) is 2.92. The van der Waals surface area contributed by atoms with Gasteiger partial charge in [0, 0.05) is 13.7 Å². The molecule has 0 fully saturated rings. The summed E-state index contributed by atoms with van der Waals surface area (Å²) in [5.74, 6) is 0.775. The van der Waals surface area contributed by atoms with Gasteiger partial charge in [-0.1, -0.05) is 42.5 Å². The molecule has 1 heterocycles. The molecule has 1 N–H and O–H groups in total. The number of hydrogen-bond donors (Lipinski definition) is 1. The molecule has 3 rings (SSSR count). The molecule has 0 aliphatic rings. The molecule has 0 aliphatic carbocycles. The number of aryl methyl sites for hydroxylation is 1. The van der Waals surface area contributed by atoms with Crippen molar-refractivity contribution in [2.75, 3.05) is 13.7 Å². The van der Waals surface area contributed by atoms with Crippen LogP contribution in [0.4, 0.5) is 0 Å². The van der Waals surface area contributed by atoms with Crippen molar-refractivity contribution in [2.24, 2.45) is 0 Å². The molecule has 2 aromatic carbocycles. The molecule has 1 amide bonds. The summed E-state index contributed by atoms with van der Waals surface area (Å²) in [5, 5.41) is 2.95. The predicted octanol–water partition coefficient (Wildman–Crippen LogP) is 2.85. The van der Waals surface area contributed by atoms with Crippen LogP contribution in [0.15, 0.2) is 54.6 Å². The van der Waals surface area contributed by atoms with E-state index in [0.29, 0.717) is 6.54 Å². The third-order valence-electron chi connectivity index (χ3n) is 4.09. The van der Waals surface area contributed by atoms with E-state index in [2.05, 4.69) is 10.3 Å². The molecular formula is C19H21N3O2. The molecule has 5 nitrogen and oxygen atoms in total. The quantitative estimate of drug-likeness (QED) is 0.759. The van der Waals surface area contributed by atoms with E-state index in [1.807, 2.05) is 66.1 Å². The van der Waals surface area contributed by atoms with Crippen LogP contribution in [-0.2, 0) is 16.1 Å². The topological polar surface area (TPSA) is 56.1 Å². The fourth-order valence-electron chi connectivity index (χ4n) is 2.81. The van der Waals surface area contributed by atoms with Crippen LogP contribution >= 0.6 is 0 Å². The predicted molar refractivity (Wildman–Crippen MR) is 93.7 cm³/mol. The highest BCUT2D eigenvalue weighted by Crippen LogP contribution is 2.16. The summed E-state index contributed by atoms with van der Waals surface area (Å²) >= 11 is 0. The number of carbonyl (C=O) groups is 1. The van der Waals surface area contributed by atoms with E-state index in [0.717, 1.165) is 22.4 Å². The number of methoxy groups -OCH3 is 1. The van der Waals surface area contributed by atoms with Crippen LogP contribution in [0, 0.1) is 6.92 Å². The van der Waals surface area contributed by atoms with E-state index in [1.165, 1.54) is 0 Å². The second-order valence-electron chi connectivity index (χ2n) is 5.67. The molecule has 1 atom stereocenters. The Balaban J connectivity index is 1.66. The third kappa shape index (κ3) is 3.46. The molecule has 3 aromatic rings. The Hall–Kier alpha value is -2.66. The van der Waals surface area contributed by atoms with Gasteiger partial charge in [0.1, 0.15) is 12.4 Å². The Bertz CT molecular complexity index is 827. The summed E-state index contributed by atoms with van der Waals surface area (Å²) in [6.45, 7) is 2.60. The van der Waals surface area contributed by atoms with Crippen molar-refractivity contribution >= 4 is 16.9 Å². The second kappa shape index (κ2) is 7.27. The van der Waals surface area contributed by atoms with Crippen LogP contribution in [0.1, 0.15) is 17.5 Å². The highest BCUT2D eigenvalue weighted by molar-refractivity contribution is 5.81. The lowest BCUT2D eigenvalue weighted by atomic mass is 10.1. The first-order valence-electron chi connectivity index (χ1n) is 7.95. The van der Waals surface area contributed by atoms with Gasteiger partial charge in [-0.25, -0.2) is 4.98 Å². The van der Waals surface area contributed by atoms with Gasteiger partial charge in [-0.05, 0) is 24.6 Å². The maximum Gasteiger partial charge on any atom is 0.240 e. The van der Waals surface area contributed by atoms with Crippen molar-refractivity contribution in [1.29, 1.82) is 0 Å². The van der Waals surface area contributed by atoms with Gasteiger partial charge in [0.15, 0.2) is 0 Å². The van der Waals surface area contributed by atoms with E-state index in [9.17, 15) is 4.79 Å². The summed E-state index contributed by atoms with van der Waals surface area (Å²) < 4.78 is 7.41. The van der Waals surface area contributed by atoms with Gasteiger partial charge in [-0.3, -0.25) is 4.79 Å². The number of rotatable bonds is 6. The maximum atomic E-state index is 12.3. The van der Waals surface area contributed by atoms with Crippen molar-refractivity contribution in [3.63, 3.8) is 0 Å². The minimum atomic E-state index is -0.157. The van der Waals surface area contributed by atoms with Crippen LogP contribution < -0.4 is 5.32 Å². The van der Waals surface area contributed by atoms with Gasteiger partial charge >= 0.3 is 0 Å². The molecule has 0 radical (unpaired) electrons. The molecule has 0 bridgehead atoms. The van der Waals surface area contributed by atoms with Crippen LogP contribution in [0.25, 0.3) is 11.0 Å². The van der Waals surface area contributed by atoms with Crippen LogP contribution in [0.2, 0.25) is 0 Å². The van der Waals surface area contributed by atoms with E-state index >= 15 is 0 Å². The molecule has 0 spiro atoms. The monoisotopic (exact) mass is 323 g/mol. The smallest absolute Gasteiger partial charge is 0.240 e. The van der Waals surface area contributed by atoms with E-state index < -0.39 is 0 Å². The standard InChI is InChI=1S/C19H21N3O2/c1-14-21-16-10-6-7-11-17(16)22(14)13-19(23)20-12-18(24-2)15-8-4-3-5-9-15/h3-11,18H,12-13H2,1-2H3,(H,20,23). The molecule has 5 heteroatoms. The highest BCUT2D eigenvalue weighted by atomic mass is 16.5. The molecule has 0 aliphatic heterocycles. The van der Waals surface area contributed by atoms with Crippen molar-refractivity contribution in [1.82, 2.24) is 14.9 Å². The molecular weight excluding hydrogens is 302 g/mol. The molecule has 1 unspecified atom stereocenters. The molecule has 0 saturated heterocycles. The number of ether oxygens (including phenoxy) is 1. The first-order valence-corrected chi connectivity index (χ1v) is 7.95. The fourth-order valence-corrected chi connectivity index (χ4v) is 2.81. The Kier molecular flexibility index (Phi) is 4.91. The zero-order valence-corrected chi connectivity index (χ0v) is 13.9. The van der Waals surface area contributed by atoms with Gasteiger partial charge in [-0.2, -0.15) is 0 Å². The summed E-state index contributed by atoms with van der Waals surface area (Å²) in [4.78, 5) is 16.8. The van der Waals surface area contributed by atoms with E-state index in [-0.39, 0.29) is 18.6 Å². The normalized spacial score (nSPS) is 12.2. The zero-order valence-electron chi connectivity index (χ0n) is 13.9. The number of nitrogens with zero attached hydrogens (tertiary/aromatic N) is 2. The first kappa shape index (κ1) is 16.2. The number of imidazole rings is 1. The number of fused-ring (bicyclic) bond motifs is 1. The average molecular weight is 323 g/mol. The molecule has 1 aromatic heterocycles. The largest absolute Gasteiger partial charge is 0.375 e. The van der Waals surface area contributed by atoms with Crippen molar-refractivity contribution in [3.05, 3.63) is 66.0 Å². The first-order chi connectivity index (χ1) is 11.7. The van der Waals surface area contributed by atoms with E-state index in [4.69, 9.17) is 4.74 Å². The van der Waals surface area contributed by atoms with Crippen molar-refractivity contribution in [3.8, 4) is 0 Å². The Labute approximate surface area is 141 Å². The number of aromatic nitrogens is 2. The van der Waals surface area contributed by atoms with Crippen LogP contribution in [0.5, 0.6) is 0 Å². The van der Waals surface area contributed by atoms with Gasteiger partial charge in [0.25, 0.3) is 0 Å². The zero-order chi connectivity index (χ0) is 16.9. The Morgan fingerprint density at radius 2 is 1.88 bits per heavy atom. The second-order valence-corrected chi connectivity index (χ2v) is 5.67. The van der Waals surface area contributed by atoms with Gasteiger partial charge in [0.2, 0.25) is 5.91 Å². The van der Waals surface area contributed by atoms with E-state index in [1.54, 1.807) is 7.11 Å². The summed E-state index contributed by atoms with van der Waals surface area (Å²) in [7, 11) is 1.65. The number of hydrogen-bond acceptors (Lipinski definition) is 3. The van der Waals surface area contributed by atoms with Crippen molar-refractivity contribution in [2.45, 2.75) is 19.6 Å². The lowest BCUT2D eigenvalue weighted by Gasteiger charge is -2.17.